The number of imidazole rings is 1. The summed E-state index contributed by atoms with van der Waals surface area (Å²) in [6.45, 7) is 2.05. The molecule has 6 heteroatoms. The van der Waals surface area contributed by atoms with Crippen molar-refractivity contribution in [1.29, 1.82) is 0 Å². The van der Waals surface area contributed by atoms with Crippen LogP contribution in [-0.2, 0) is 16.3 Å². The summed E-state index contributed by atoms with van der Waals surface area (Å²) in [4.78, 5) is 4.28. The minimum atomic E-state index is -2.84. The normalized spacial score (nSPS) is 24.9. The van der Waals surface area contributed by atoms with E-state index in [9.17, 15) is 8.42 Å². The summed E-state index contributed by atoms with van der Waals surface area (Å²) < 4.78 is 24.7. The number of aromatic nitrogens is 2. The van der Waals surface area contributed by atoms with E-state index in [0.29, 0.717) is 12.2 Å². The molecule has 0 aromatic carbocycles. The molecule has 1 aromatic rings. The predicted molar refractivity (Wildman–Crippen MR) is 66.5 cm³/mol. The lowest BCUT2D eigenvalue weighted by Crippen LogP contribution is -2.21. The van der Waals surface area contributed by atoms with Crippen LogP contribution in [0.1, 0.15) is 31.5 Å². The van der Waals surface area contributed by atoms with E-state index in [2.05, 4.69) is 4.98 Å². The molecule has 2 heterocycles. The largest absolute Gasteiger partial charge is 0.333 e. The van der Waals surface area contributed by atoms with Crippen molar-refractivity contribution in [2.45, 2.75) is 38.3 Å². The van der Waals surface area contributed by atoms with Crippen LogP contribution >= 0.6 is 0 Å². The molecule has 2 unspecified atom stereocenters. The molecule has 2 atom stereocenters. The second-order valence-electron chi connectivity index (χ2n) is 4.74. The van der Waals surface area contributed by atoms with E-state index >= 15 is 0 Å². The molecule has 0 aliphatic carbocycles. The molecule has 96 valence electrons. The van der Waals surface area contributed by atoms with Gasteiger partial charge < -0.3 is 10.3 Å². The highest BCUT2D eigenvalue weighted by Crippen LogP contribution is 2.23. The Labute approximate surface area is 102 Å². The fraction of sp³-hybridized carbons (Fsp3) is 0.727. The zero-order valence-electron chi connectivity index (χ0n) is 10.0. The van der Waals surface area contributed by atoms with E-state index in [1.165, 1.54) is 0 Å². The van der Waals surface area contributed by atoms with Crippen molar-refractivity contribution in [3.05, 3.63) is 18.2 Å². The van der Waals surface area contributed by atoms with Crippen LogP contribution in [0.5, 0.6) is 0 Å². The van der Waals surface area contributed by atoms with Crippen molar-refractivity contribution >= 4 is 9.84 Å². The van der Waals surface area contributed by atoms with Gasteiger partial charge in [0.2, 0.25) is 0 Å². The molecule has 1 aliphatic heterocycles. The van der Waals surface area contributed by atoms with E-state index in [1.807, 2.05) is 17.7 Å². The fourth-order valence-electron chi connectivity index (χ4n) is 2.11. The van der Waals surface area contributed by atoms with Gasteiger partial charge in [-0.3, -0.25) is 0 Å². The Morgan fingerprint density at radius 2 is 2.41 bits per heavy atom. The molecule has 1 aromatic heterocycles. The number of hydrogen-bond acceptors (Lipinski definition) is 4. The van der Waals surface area contributed by atoms with Gasteiger partial charge in [0.25, 0.3) is 0 Å². The van der Waals surface area contributed by atoms with Gasteiger partial charge in [-0.05, 0) is 12.8 Å². The first-order chi connectivity index (χ1) is 8.00. The van der Waals surface area contributed by atoms with Gasteiger partial charge in [0.15, 0.2) is 9.84 Å². The second-order valence-corrected chi connectivity index (χ2v) is 6.97. The van der Waals surface area contributed by atoms with Crippen LogP contribution in [0.15, 0.2) is 12.5 Å². The zero-order chi connectivity index (χ0) is 12.5. The monoisotopic (exact) mass is 257 g/mol. The average Bonchev–Trinajstić information content (AvgIpc) is 2.84. The van der Waals surface area contributed by atoms with Crippen LogP contribution in [0, 0.1) is 0 Å². The Bertz CT molecular complexity index is 481. The maximum absolute atomic E-state index is 11.4. The van der Waals surface area contributed by atoms with E-state index in [0.717, 1.165) is 18.5 Å². The SMILES string of the molecule is CCC(N)Cc1cn(C2CCS(=O)(=O)C2)cn1. The maximum atomic E-state index is 11.4. The van der Waals surface area contributed by atoms with Gasteiger partial charge in [0.1, 0.15) is 0 Å². The van der Waals surface area contributed by atoms with Crippen LogP contribution in [-0.4, -0.2) is 35.5 Å². The molecule has 2 rings (SSSR count). The highest BCUT2D eigenvalue weighted by atomic mass is 32.2. The van der Waals surface area contributed by atoms with Crippen LogP contribution in [0.2, 0.25) is 0 Å². The summed E-state index contributed by atoms with van der Waals surface area (Å²) in [6, 6.07) is 0.185. The molecule has 1 fully saturated rings. The van der Waals surface area contributed by atoms with Crippen LogP contribution in [0.4, 0.5) is 0 Å². The molecule has 0 radical (unpaired) electrons. The van der Waals surface area contributed by atoms with Crippen molar-refractivity contribution in [2.75, 3.05) is 11.5 Å². The number of rotatable bonds is 4. The minimum absolute atomic E-state index is 0.0547. The van der Waals surface area contributed by atoms with Gasteiger partial charge in [0, 0.05) is 24.7 Å². The molecule has 1 aliphatic rings. The van der Waals surface area contributed by atoms with E-state index < -0.39 is 9.84 Å². The predicted octanol–water partition coefficient (Wildman–Crippen LogP) is 0.522. The van der Waals surface area contributed by atoms with Gasteiger partial charge in [-0.1, -0.05) is 6.92 Å². The second kappa shape index (κ2) is 4.78. The topological polar surface area (TPSA) is 78.0 Å². The van der Waals surface area contributed by atoms with E-state index in [-0.39, 0.29) is 17.8 Å². The number of nitrogens with two attached hydrogens (primary N) is 1. The van der Waals surface area contributed by atoms with Gasteiger partial charge in [-0.15, -0.1) is 0 Å². The molecular formula is C11H19N3O2S. The molecule has 2 N–H and O–H groups in total. The smallest absolute Gasteiger partial charge is 0.152 e. The molecule has 0 spiro atoms. The Morgan fingerprint density at radius 3 is 3.00 bits per heavy atom. The molecule has 0 amide bonds. The van der Waals surface area contributed by atoms with Gasteiger partial charge >= 0.3 is 0 Å². The lowest BCUT2D eigenvalue weighted by molar-refractivity contribution is 0.553. The quantitative estimate of drug-likeness (QED) is 0.853. The third-order valence-corrected chi connectivity index (χ3v) is 5.03. The summed E-state index contributed by atoms with van der Waals surface area (Å²) in [5.74, 6) is 0.530. The average molecular weight is 257 g/mol. The Morgan fingerprint density at radius 1 is 1.65 bits per heavy atom. The fourth-order valence-corrected chi connectivity index (χ4v) is 3.83. The van der Waals surface area contributed by atoms with Crippen molar-refractivity contribution in [3.8, 4) is 0 Å². The first-order valence-electron chi connectivity index (χ1n) is 5.98. The first-order valence-corrected chi connectivity index (χ1v) is 7.80. The Kier molecular flexibility index (Phi) is 3.53. The number of sulfone groups is 1. The molecule has 1 saturated heterocycles. The Balaban J connectivity index is 2.04. The lowest BCUT2D eigenvalue weighted by Gasteiger charge is -2.08. The van der Waals surface area contributed by atoms with E-state index in [4.69, 9.17) is 5.73 Å². The summed E-state index contributed by atoms with van der Waals surface area (Å²) in [7, 11) is -2.84. The summed E-state index contributed by atoms with van der Waals surface area (Å²) in [6.07, 6.45) is 6.02. The Hall–Kier alpha value is -0.880. The van der Waals surface area contributed by atoms with Crippen molar-refractivity contribution < 1.29 is 8.42 Å². The van der Waals surface area contributed by atoms with Crippen molar-refractivity contribution in [3.63, 3.8) is 0 Å². The van der Waals surface area contributed by atoms with E-state index in [1.54, 1.807) is 6.33 Å². The number of nitrogens with zero attached hydrogens (tertiary/aromatic N) is 2. The molecule has 5 nitrogen and oxygen atoms in total. The van der Waals surface area contributed by atoms with Crippen LogP contribution < -0.4 is 5.73 Å². The summed E-state index contributed by atoms with van der Waals surface area (Å²) in [5, 5.41) is 0. The standard InChI is InChI=1S/C11H19N3O2S/c1-2-9(12)5-10-6-14(8-13-10)11-3-4-17(15,16)7-11/h6,8-9,11H,2-5,7,12H2,1H3. The molecule has 0 saturated carbocycles. The van der Waals surface area contributed by atoms with Gasteiger partial charge in [-0.2, -0.15) is 0 Å². The molecule has 0 bridgehead atoms. The third-order valence-electron chi connectivity index (χ3n) is 3.28. The third kappa shape index (κ3) is 3.07. The minimum Gasteiger partial charge on any atom is -0.333 e. The highest BCUT2D eigenvalue weighted by Gasteiger charge is 2.29. The maximum Gasteiger partial charge on any atom is 0.152 e. The summed E-state index contributed by atoms with van der Waals surface area (Å²) >= 11 is 0. The lowest BCUT2D eigenvalue weighted by atomic mass is 10.1. The first kappa shape index (κ1) is 12.6. The van der Waals surface area contributed by atoms with Crippen molar-refractivity contribution in [1.82, 2.24) is 9.55 Å². The van der Waals surface area contributed by atoms with Crippen molar-refractivity contribution in [2.24, 2.45) is 5.73 Å². The number of hydrogen-bond donors (Lipinski definition) is 1. The highest BCUT2D eigenvalue weighted by molar-refractivity contribution is 7.91. The molecule has 17 heavy (non-hydrogen) atoms. The molecular weight excluding hydrogens is 238 g/mol. The van der Waals surface area contributed by atoms with Crippen LogP contribution in [0.25, 0.3) is 0 Å². The summed E-state index contributed by atoms with van der Waals surface area (Å²) in [5.41, 5.74) is 6.81. The van der Waals surface area contributed by atoms with Gasteiger partial charge in [0.05, 0.1) is 23.5 Å². The van der Waals surface area contributed by atoms with Gasteiger partial charge in [-0.25, -0.2) is 13.4 Å². The van der Waals surface area contributed by atoms with Crippen LogP contribution in [0.3, 0.4) is 0 Å². The zero-order valence-corrected chi connectivity index (χ0v) is 10.9.